The fraction of sp³-hybridized carbons (Fsp3) is 0.471. The fourth-order valence-electron chi connectivity index (χ4n) is 3.37. The van der Waals surface area contributed by atoms with Gasteiger partial charge in [0.05, 0.1) is 10.6 Å². The second-order valence-corrected chi connectivity index (χ2v) is 6.23. The summed E-state index contributed by atoms with van der Waals surface area (Å²) >= 11 is 0. The molecule has 3 rings (SSSR count). The lowest BCUT2D eigenvalue weighted by Gasteiger charge is -2.08. The zero-order valence-electron chi connectivity index (χ0n) is 12.6. The largest absolute Gasteiger partial charge is 0.325 e. The van der Waals surface area contributed by atoms with Crippen LogP contribution >= 0.6 is 0 Å². The molecule has 0 aromatic heterocycles. The summed E-state index contributed by atoms with van der Waals surface area (Å²) in [4.78, 5) is 22.9. The highest BCUT2D eigenvalue weighted by Gasteiger charge is 2.52. The van der Waals surface area contributed by atoms with Gasteiger partial charge in [-0.2, -0.15) is 0 Å². The molecule has 0 unspecified atom stereocenters. The number of hydrogen-bond acceptors (Lipinski definition) is 3. The number of carbonyl (C=O) groups is 1. The number of aryl methyl sites for hydroxylation is 1. The van der Waals surface area contributed by atoms with E-state index in [1.54, 1.807) is 6.07 Å². The zero-order valence-corrected chi connectivity index (χ0v) is 12.6. The maximum atomic E-state index is 12.5. The molecule has 0 spiro atoms. The highest BCUT2D eigenvalue weighted by atomic mass is 16.6. The number of nitro groups is 1. The van der Waals surface area contributed by atoms with Crippen LogP contribution in [0.1, 0.15) is 31.2 Å². The summed E-state index contributed by atoms with van der Waals surface area (Å²) in [6, 6.07) is 4.57. The van der Waals surface area contributed by atoms with Crippen LogP contribution in [0, 0.1) is 34.8 Å². The van der Waals surface area contributed by atoms with Gasteiger partial charge >= 0.3 is 0 Å². The van der Waals surface area contributed by atoms with Gasteiger partial charge in [-0.05, 0) is 43.6 Å². The summed E-state index contributed by atoms with van der Waals surface area (Å²) < 4.78 is 0. The predicted molar refractivity (Wildman–Crippen MR) is 84.5 cm³/mol. The van der Waals surface area contributed by atoms with Crippen LogP contribution in [0.3, 0.4) is 0 Å². The average Bonchev–Trinajstić information content (AvgIpc) is 3.12. The molecule has 0 radical (unpaired) electrons. The van der Waals surface area contributed by atoms with Gasteiger partial charge in [0.2, 0.25) is 5.91 Å². The maximum absolute atomic E-state index is 12.5. The average molecular weight is 300 g/mol. The lowest BCUT2D eigenvalue weighted by Crippen LogP contribution is -2.16. The van der Waals surface area contributed by atoms with Crippen molar-refractivity contribution in [2.45, 2.75) is 32.6 Å². The lowest BCUT2D eigenvalue weighted by atomic mass is 10.1. The molecule has 0 bridgehead atoms. The van der Waals surface area contributed by atoms with Crippen molar-refractivity contribution in [1.82, 2.24) is 0 Å². The van der Waals surface area contributed by atoms with Crippen LogP contribution in [0.15, 0.2) is 30.4 Å². The number of amides is 1. The number of nitrogens with one attached hydrogen (secondary N) is 1. The molecule has 1 saturated carbocycles. The highest BCUT2D eigenvalue weighted by molar-refractivity contribution is 5.96. The second kappa shape index (κ2) is 5.91. The Morgan fingerprint density at radius 3 is 2.95 bits per heavy atom. The van der Waals surface area contributed by atoms with E-state index < -0.39 is 4.92 Å². The quantitative estimate of drug-likeness (QED) is 0.524. The topological polar surface area (TPSA) is 72.2 Å². The third-order valence-electron chi connectivity index (χ3n) is 4.74. The first-order valence-corrected chi connectivity index (χ1v) is 7.80. The number of nitrogens with zero attached hydrogens (tertiary/aromatic N) is 1. The third kappa shape index (κ3) is 2.89. The monoisotopic (exact) mass is 300 g/mol. The molecule has 5 nitrogen and oxygen atoms in total. The first-order chi connectivity index (χ1) is 10.6. The molecule has 2 aliphatic rings. The van der Waals surface area contributed by atoms with Gasteiger partial charge in [0.15, 0.2) is 0 Å². The summed E-state index contributed by atoms with van der Waals surface area (Å²) in [5.74, 6) is 0.799. The van der Waals surface area contributed by atoms with Gasteiger partial charge in [0.25, 0.3) is 5.69 Å². The van der Waals surface area contributed by atoms with E-state index in [0.717, 1.165) is 18.4 Å². The Hall–Kier alpha value is -2.17. The highest BCUT2D eigenvalue weighted by Crippen LogP contribution is 2.51. The van der Waals surface area contributed by atoms with Crippen LogP contribution < -0.4 is 5.32 Å². The molecular formula is C17H20N2O3. The van der Waals surface area contributed by atoms with Crippen molar-refractivity contribution in [3.8, 4) is 0 Å². The minimum Gasteiger partial charge on any atom is -0.325 e. The van der Waals surface area contributed by atoms with Gasteiger partial charge in [-0.1, -0.05) is 24.6 Å². The standard InChI is InChI=1S/C17H20N2O3/c1-11-8-9-12(19(21)22)10-15(11)18-17(20)16-13-6-4-2-3-5-7-14(13)16/h4,6,8-10,13-14,16H,2-3,5,7H2,1H3,(H,18,20)/b6-4-/t13-,14+,16+/m0/s1. The molecule has 22 heavy (non-hydrogen) atoms. The number of non-ortho nitro benzene ring substituents is 1. The number of rotatable bonds is 3. The second-order valence-electron chi connectivity index (χ2n) is 6.23. The van der Waals surface area contributed by atoms with Crippen LogP contribution in [-0.4, -0.2) is 10.8 Å². The Balaban J connectivity index is 1.72. The van der Waals surface area contributed by atoms with Crippen molar-refractivity contribution >= 4 is 17.3 Å². The Morgan fingerprint density at radius 1 is 1.36 bits per heavy atom. The summed E-state index contributed by atoms with van der Waals surface area (Å²) in [5, 5.41) is 13.7. The van der Waals surface area contributed by atoms with E-state index in [-0.39, 0.29) is 17.5 Å². The molecule has 0 heterocycles. The molecule has 0 aliphatic heterocycles. The van der Waals surface area contributed by atoms with E-state index in [2.05, 4.69) is 17.5 Å². The predicted octanol–water partition coefficient (Wildman–Crippen LogP) is 3.83. The number of hydrogen-bond donors (Lipinski definition) is 1. The normalized spacial score (nSPS) is 28.0. The van der Waals surface area contributed by atoms with Crippen molar-refractivity contribution in [2.24, 2.45) is 17.8 Å². The van der Waals surface area contributed by atoms with Gasteiger partial charge in [-0.25, -0.2) is 0 Å². The molecule has 2 aliphatic carbocycles. The summed E-state index contributed by atoms with van der Waals surface area (Å²) in [5.41, 5.74) is 1.39. The van der Waals surface area contributed by atoms with Gasteiger partial charge in [-0.15, -0.1) is 0 Å². The van der Waals surface area contributed by atoms with Gasteiger partial charge in [-0.3, -0.25) is 14.9 Å². The number of anilines is 1. The Morgan fingerprint density at radius 2 is 2.18 bits per heavy atom. The number of benzene rings is 1. The lowest BCUT2D eigenvalue weighted by molar-refractivity contribution is -0.384. The van der Waals surface area contributed by atoms with Crippen molar-refractivity contribution in [3.63, 3.8) is 0 Å². The fourth-order valence-corrected chi connectivity index (χ4v) is 3.37. The SMILES string of the molecule is Cc1ccc([N+](=O)[O-])cc1NC(=O)[C@@H]1[C@H]2/C=C\CCCC[C@H]21. The third-order valence-corrected chi connectivity index (χ3v) is 4.74. The maximum Gasteiger partial charge on any atom is 0.271 e. The van der Waals surface area contributed by atoms with E-state index in [1.165, 1.54) is 25.0 Å². The minimum atomic E-state index is -0.441. The molecule has 1 N–H and O–H groups in total. The van der Waals surface area contributed by atoms with Crippen LogP contribution in [0.25, 0.3) is 0 Å². The molecule has 116 valence electrons. The zero-order chi connectivity index (χ0) is 15.7. The van der Waals surface area contributed by atoms with Crippen molar-refractivity contribution in [2.75, 3.05) is 5.32 Å². The molecule has 1 aromatic carbocycles. The smallest absolute Gasteiger partial charge is 0.271 e. The van der Waals surface area contributed by atoms with Crippen molar-refractivity contribution in [1.29, 1.82) is 0 Å². The number of fused-ring (bicyclic) bond motifs is 1. The van der Waals surface area contributed by atoms with Crippen molar-refractivity contribution < 1.29 is 9.72 Å². The molecule has 1 amide bonds. The van der Waals surface area contributed by atoms with Gasteiger partial charge in [0.1, 0.15) is 0 Å². The first kappa shape index (κ1) is 14.8. The van der Waals surface area contributed by atoms with Crippen LogP contribution in [0.4, 0.5) is 11.4 Å². The Bertz CT molecular complexity index is 639. The summed E-state index contributed by atoms with van der Waals surface area (Å²) in [6.45, 7) is 1.84. The van der Waals surface area contributed by atoms with E-state index in [9.17, 15) is 14.9 Å². The molecular weight excluding hydrogens is 280 g/mol. The molecule has 3 atom stereocenters. The van der Waals surface area contributed by atoms with E-state index in [0.29, 0.717) is 17.5 Å². The van der Waals surface area contributed by atoms with E-state index in [4.69, 9.17) is 0 Å². The minimum absolute atomic E-state index is 0.00242. The van der Waals surface area contributed by atoms with Crippen LogP contribution in [0.5, 0.6) is 0 Å². The molecule has 5 heteroatoms. The number of nitro benzene ring substituents is 1. The molecule has 0 saturated heterocycles. The first-order valence-electron chi connectivity index (χ1n) is 7.80. The Labute approximate surface area is 129 Å². The van der Waals surface area contributed by atoms with E-state index >= 15 is 0 Å². The van der Waals surface area contributed by atoms with E-state index in [1.807, 2.05) is 6.92 Å². The van der Waals surface area contributed by atoms with Crippen LogP contribution in [-0.2, 0) is 4.79 Å². The van der Waals surface area contributed by atoms with Gasteiger partial charge < -0.3 is 5.32 Å². The summed E-state index contributed by atoms with van der Waals surface area (Å²) in [7, 11) is 0. The molecule has 1 fully saturated rings. The van der Waals surface area contributed by atoms with Crippen LogP contribution in [0.2, 0.25) is 0 Å². The van der Waals surface area contributed by atoms with Gasteiger partial charge in [0, 0.05) is 18.1 Å². The van der Waals surface area contributed by atoms with Crippen molar-refractivity contribution in [3.05, 3.63) is 46.0 Å². The number of allylic oxidation sites excluding steroid dienone is 2. The number of carbonyl (C=O) groups excluding carboxylic acids is 1. The Kier molecular flexibility index (Phi) is 3.96. The summed E-state index contributed by atoms with van der Waals surface area (Å²) in [6.07, 6.45) is 8.92. The molecule has 1 aromatic rings.